The lowest BCUT2D eigenvalue weighted by atomic mass is 9.93. The Morgan fingerprint density at radius 1 is 1.28 bits per heavy atom. The van der Waals surface area contributed by atoms with Crippen LogP contribution < -0.4 is 5.73 Å². The first kappa shape index (κ1) is 12.7. The molecule has 3 nitrogen and oxygen atoms in total. The smallest absolute Gasteiger partial charge is 0.101 e. The molecule has 1 atom stereocenters. The highest BCUT2D eigenvalue weighted by molar-refractivity contribution is 6.36. The van der Waals surface area contributed by atoms with Gasteiger partial charge in [0, 0.05) is 33.7 Å². The fourth-order valence-electron chi connectivity index (χ4n) is 1.73. The highest BCUT2D eigenvalue weighted by Crippen LogP contribution is 2.36. The molecule has 0 radical (unpaired) electrons. The average Bonchev–Trinajstić information content (AvgIpc) is 2.34. The predicted molar refractivity (Wildman–Crippen MR) is 72.6 cm³/mol. The van der Waals surface area contributed by atoms with Gasteiger partial charge < -0.3 is 5.73 Å². The lowest BCUT2D eigenvalue weighted by Gasteiger charge is -2.13. The van der Waals surface area contributed by atoms with Crippen LogP contribution in [0.1, 0.15) is 17.0 Å². The number of rotatable bonds is 2. The first-order valence-corrected chi connectivity index (χ1v) is 5.93. The highest BCUT2D eigenvalue weighted by Gasteiger charge is 2.20. The Bertz CT molecular complexity index is 582. The molecule has 90 valence electrons. The maximum Gasteiger partial charge on any atom is 0.101 e. The number of nitriles is 1. The van der Waals surface area contributed by atoms with Gasteiger partial charge in [0.15, 0.2) is 0 Å². The summed E-state index contributed by atoms with van der Waals surface area (Å²) in [5, 5.41) is 10.1. The van der Waals surface area contributed by atoms with Crippen molar-refractivity contribution in [1.29, 1.82) is 5.26 Å². The minimum Gasteiger partial charge on any atom is -0.399 e. The second kappa shape index (κ2) is 5.26. The Morgan fingerprint density at radius 3 is 2.44 bits per heavy atom. The average molecular weight is 278 g/mol. The summed E-state index contributed by atoms with van der Waals surface area (Å²) < 4.78 is 0. The molecule has 2 rings (SSSR count). The van der Waals surface area contributed by atoms with Gasteiger partial charge in [-0.3, -0.25) is 4.98 Å². The molecule has 1 aromatic carbocycles. The van der Waals surface area contributed by atoms with Crippen LogP contribution in [0.5, 0.6) is 0 Å². The SMILES string of the molecule is N#CC(c1cccnc1)c1c(Cl)cc(N)cc1Cl. The third-order valence-corrected chi connectivity index (χ3v) is 3.16. The van der Waals surface area contributed by atoms with Gasteiger partial charge in [0.2, 0.25) is 0 Å². The molecule has 0 saturated carbocycles. The van der Waals surface area contributed by atoms with Crippen molar-refractivity contribution in [2.75, 3.05) is 5.73 Å². The highest BCUT2D eigenvalue weighted by atomic mass is 35.5. The summed E-state index contributed by atoms with van der Waals surface area (Å²) in [6.07, 6.45) is 3.26. The van der Waals surface area contributed by atoms with E-state index in [0.29, 0.717) is 21.3 Å². The third kappa shape index (κ3) is 2.40. The van der Waals surface area contributed by atoms with Crippen LogP contribution in [0.15, 0.2) is 36.7 Å². The minimum atomic E-state index is -0.556. The van der Waals surface area contributed by atoms with Gasteiger partial charge in [-0.05, 0) is 23.8 Å². The van der Waals surface area contributed by atoms with E-state index in [1.54, 1.807) is 30.6 Å². The van der Waals surface area contributed by atoms with Gasteiger partial charge in [-0.2, -0.15) is 5.26 Å². The molecule has 0 aliphatic rings. The van der Waals surface area contributed by atoms with Crippen LogP contribution in [0.2, 0.25) is 10.0 Å². The van der Waals surface area contributed by atoms with Crippen molar-refractivity contribution in [2.24, 2.45) is 0 Å². The number of anilines is 1. The fourth-order valence-corrected chi connectivity index (χ4v) is 2.45. The number of hydrogen-bond acceptors (Lipinski definition) is 3. The molecule has 5 heteroatoms. The Morgan fingerprint density at radius 2 is 1.94 bits per heavy atom. The maximum absolute atomic E-state index is 9.32. The van der Waals surface area contributed by atoms with Crippen molar-refractivity contribution in [1.82, 2.24) is 4.98 Å². The van der Waals surface area contributed by atoms with Crippen molar-refractivity contribution in [3.8, 4) is 6.07 Å². The summed E-state index contributed by atoms with van der Waals surface area (Å²) in [4.78, 5) is 3.99. The van der Waals surface area contributed by atoms with Crippen molar-refractivity contribution in [2.45, 2.75) is 5.92 Å². The zero-order valence-electron chi connectivity index (χ0n) is 9.27. The maximum atomic E-state index is 9.32. The molecule has 0 aliphatic carbocycles. The molecular formula is C13H9Cl2N3. The first-order valence-electron chi connectivity index (χ1n) is 5.17. The molecule has 0 aliphatic heterocycles. The third-order valence-electron chi connectivity index (χ3n) is 2.54. The number of aromatic nitrogens is 1. The predicted octanol–water partition coefficient (Wildman–Crippen LogP) is 3.63. The van der Waals surface area contributed by atoms with Crippen LogP contribution in [0, 0.1) is 11.3 Å². The Kier molecular flexibility index (Phi) is 3.71. The topological polar surface area (TPSA) is 62.7 Å². The molecule has 2 N–H and O–H groups in total. The standard InChI is InChI=1S/C13H9Cl2N3/c14-11-4-9(17)5-12(15)13(11)10(6-16)8-2-1-3-18-7-8/h1-5,7,10H,17H2. The number of nitrogens with zero attached hydrogens (tertiary/aromatic N) is 2. The summed E-state index contributed by atoms with van der Waals surface area (Å²) in [5.74, 6) is -0.556. The van der Waals surface area contributed by atoms with Gasteiger partial charge in [-0.15, -0.1) is 0 Å². The number of pyridine rings is 1. The molecule has 1 aromatic heterocycles. The fraction of sp³-hybridized carbons (Fsp3) is 0.0769. The molecule has 0 bridgehead atoms. The number of hydrogen-bond donors (Lipinski definition) is 1. The van der Waals surface area contributed by atoms with E-state index in [1.165, 1.54) is 0 Å². The van der Waals surface area contributed by atoms with Crippen molar-refractivity contribution >= 4 is 28.9 Å². The quantitative estimate of drug-likeness (QED) is 0.853. The molecule has 0 amide bonds. The van der Waals surface area contributed by atoms with E-state index >= 15 is 0 Å². The van der Waals surface area contributed by atoms with E-state index in [0.717, 1.165) is 5.56 Å². The normalized spacial score (nSPS) is 11.8. The van der Waals surface area contributed by atoms with Crippen LogP contribution in [0.3, 0.4) is 0 Å². The number of nitrogens with two attached hydrogens (primary N) is 1. The second-order valence-electron chi connectivity index (χ2n) is 3.75. The Balaban J connectivity index is 2.57. The van der Waals surface area contributed by atoms with Crippen LogP contribution in [-0.2, 0) is 0 Å². The molecule has 0 spiro atoms. The van der Waals surface area contributed by atoms with Crippen LogP contribution in [-0.4, -0.2) is 4.98 Å². The number of benzene rings is 1. The van der Waals surface area contributed by atoms with Crippen LogP contribution in [0.25, 0.3) is 0 Å². The summed E-state index contributed by atoms with van der Waals surface area (Å²) >= 11 is 12.2. The monoisotopic (exact) mass is 277 g/mol. The molecule has 0 fully saturated rings. The molecule has 1 unspecified atom stereocenters. The van der Waals surface area contributed by atoms with Crippen LogP contribution >= 0.6 is 23.2 Å². The molecule has 0 saturated heterocycles. The summed E-state index contributed by atoms with van der Waals surface area (Å²) in [7, 11) is 0. The Labute approximate surface area is 115 Å². The Hall–Kier alpha value is -1.76. The minimum absolute atomic E-state index is 0.385. The zero-order chi connectivity index (χ0) is 13.1. The van der Waals surface area contributed by atoms with Gasteiger partial charge in [-0.25, -0.2) is 0 Å². The summed E-state index contributed by atoms with van der Waals surface area (Å²) in [6.45, 7) is 0. The molecule has 18 heavy (non-hydrogen) atoms. The van der Waals surface area contributed by atoms with E-state index in [1.807, 2.05) is 6.07 Å². The molecule has 2 aromatic rings. The lowest BCUT2D eigenvalue weighted by Crippen LogP contribution is -2.01. The summed E-state index contributed by atoms with van der Waals surface area (Å²) in [5.41, 5.74) is 7.42. The van der Waals surface area contributed by atoms with Crippen LogP contribution in [0.4, 0.5) is 5.69 Å². The molecule has 1 heterocycles. The number of halogens is 2. The first-order chi connectivity index (χ1) is 8.63. The van der Waals surface area contributed by atoms with E-state index in [4.69, 9.17) is 28.9 Å². The van der Waals surface area contributed by atoms with E-state index < -0.39 is 5.92 Å². The zero-order valence-corrected chi connectivity index (χ0v) is 10.8. The summed E-state index contributed by atoms with van der Waals surface area (Å²) in [6, 6.07) is 8.93. The van der Waals surface area contributed by atoms with Crippen molar-refractivity contribution < 1.29 is 0 Å². The lowest BCUT2D eigenvalue weighted by molar-refractivity contribution is 1.02. The van der Waals surface area contributed by atoms with Crippen molar-refractivity contribution in [3.63, 3.8) is 0 Å². The van der Waals surface area contributed by atoms with Gasteiger partial charge in [-0.1, -0.05) is 29.3 Å². The second-order valence-corrected chi connectivity index (χ2v) is 4.56. The number of nitrogen functional groups attached to an aromatic ring is 1. The van der Waals surface area contributed by atoms with Gasteiger partial charge in [0.05, 0.1) is 6.07 Å². The molecular weight excluding hydrogens is 269 g/mol. The van der Waals surface area contributed by atoms with Gasteiger partial charge >= 0.3 is 0 Å². The van der Waals surface area contributed by atoms with Gasteiger partial charge in [0.1, 0.15) is 5.92 Å². The van der Waals surface area contributed by atoms with E-state index in [-0.39, 0.29) is 0 Å². The van der Waals surface area contributed by atoms with E-state index in [2.05, 4.69) is 11.1 Å². The van der Waals surface area contributed by atoms with Crippen molar-refractivity contribution in [3.05, 3.63) is 57.8 Å². The van der Waals surface area contributed by atoms with Gasteiger partial charge in [0.25, 0.3) is 0 Å². The largest absolute Gasteiger partial charge is 0.399 e. The van der Waals surface area contributed by atoms with E-state index in [9.17, 15) is 5.26 Å².